The predicted molar refractivity (Wildman–Crippen MR) is 88.0 cm³/mol. The summed E-state index contributed by atoms with van der Waals surface area (Å²) in [4.78, 5) is 4.58. The van der Waals surface area contributed by atoms with Crippen molar-refractivity contribution in [3.63, 3.8) is 0 Å². The van der Waals surface area contributed by atoms with E-state index in [-0.39, 0.29) is 5.92 Å². The van der Waals surface area contributed by atoms with Crippen molar-refractivity contribution in [1.29, 1.82) is 10.5 Å². The Bertz CT molecular complexity index is 770. The molecule has 0 saturated carbocycles. The first-order valence-corrected chi connectivity index (χ1v) is 8.14. The van der Waals surface area contributed by atoms with Crippen LogP contribution in [0.15, 0.2) is 18.5 Å². The van der Waals surface area contributed by atoms with Gasteiger partial charge in [0.2, 0.25) is 0 Å². The Morgan fingerprint density at radius 2 is 2.21 bits per heavy atom. The highest BCUT2D eigenvalue weighted by molar-refractivity contribution is 5.46. The number of hydrogen-bond donors (Lipinski definition) is 0. The molecule has 2 atom stereocenters. The molecule has 1 saturated heterocycles. The van der Waals surface area contributed by atoms with Crippen LogP contribution in [0.3, 0.4) is 0 Å². The Morgan fingerprint density at radius 3 is 2.96 bits per heavy atom. The van der Waals surface area contributed by atoms with Crippen LogP contribution in [0.2, 0.25) is 0 Å². The summed E-state index contributed by atoms with van der Waals surface area (Å²) in [5.74, 6) is 0.839. The minimum absolute atomic E-state index is 0.0742. The van der Waals surface area contributed by atoms with Crippen LogP contribution in [0.25, 0.3) is 5.65 Å². The molecule has 8 nitrogen and oxygen atoms in total. The highest BCUT2D eigenvalue weighted by Gasteiger charge is 2.26. The van der Waals surface area contributed by atoms with Gasteiger partial charge in [0.1, 0.15) is 12.1 Å². The molecule has 2 aromatic rings. The summed E-state index contributed by atoms with van der Waals surface area (Å²) in [6.07, 6.45) is 2.69. The van der Waals surface area contributed by atoms with Crippen molar-refractivity contribution < 1.29 is 0 Å². The van der Waals surface area contributed by atoms with Crippen LogP contribution in [0, 0.1) is 28.6 Å². The van der Waals surface area contributed by atoms with E-state index in [4.69, 9.17) is 5.26 Å². The molecule has 3 rings (SSSR count). The molecular formula is C16H20N8. The Hall–Kier alpha value is -2.71. The number of anilines is 1. The fourth-order valence-electron chi connectivity index (χ4n) is 3.16. The zero-order valence-electron chi connectivity index (χ0n) is 13.7. The third-order valence-corrected chi connectivity index (χ3v) is 4.42. The van der Waals surface area contributed by atoms with Crippen LogP contribution in [0.5, 0.6) is 0 Å². The maximum absolute atomic E-state index is 9.24. The number of piperazine rings is 1. The zero-order valence-corrected chi connectivity index (χ0v) is 13.7. The zero-order chi connectivity index (χ0) is 16.9. The van der Waals surface area contributed by atoms with Crippen molar-refractivity contribution in [1.82, 2.24) is 24.7 Å². The third kappa shape index (κ3) is 3.44. The van der Waals surface area contributed by atoms with Gasteiger partial charge < -0.3 is 4.90 Å². The standard InChI is InChI=1S/C16H20N8/c1-13-10-22(11-14(9-18)3-2-6-17)7-8-23(13)16-5-4-15-20-19-12-24(15)21-16/h4-5,12-14H,2-3,7-8,10-11H2,1H3/t13-,14+/m1/s1. The normalized spacial score (nSPS) is 19.8. The summed E-state index contributed by atoms with van der Waals surface area (Å²) < 4.78 is 1.68. The maximum Gasteiger partial charge on any atom is 0.177 e. The van der Waals surface area contributed by atoms with Crippen LogP contribution >= 0.6 is 0 Å². The van der Waals surface area contributed by atoms with Crippen molar-refractivity contribution >= 4 is 11.5 Å². The molecule has 0 N–H and O–H groups in total. The van der Waals surface area contributed by atoms with Crippen molar-refractivity contribution in [3.8, 4) is 12.1 Å². The maximum atomic E-state index is 9.24. The molecule has 0 spiro atoms. The van der Waals surface area contributed by atoms with Gasteiger partial charge in [0, 0.05) is 38.6 Å². The quantitative estimate of drug-likeness (QED) is 0.811. The second-order valence-corrected chi connectivity index (χ2v) is 6.15. The average Bonchev–Trinajstić information content (AvgIpc) is 3.06. The Morgan fingerprint density at radius 1 is 1.33 bits per heavy atom. The van der Waals surface area contributed by atoms with Gasteiger partial charge in [0.05, 0.1) is 18.1 Å². The predicted octanol–water partition coefficient (Wildman–Crippen LogP) is 1.08. The van der Waals surface area contributed by atoms with E-state index in [1.807, 2.05) is 12.1 Å². The largest absolute Gasteiger partial charge is 0.350 e. The first-order valence-electron chi connectivity index (χ1n) is 8.14. The minimum atomic E-state index is -0.0742. The van der Waals surface area contributed by atoms with Gasteiger partial charge in [-0.2, -0.15) is 15.0 Å². The molecule has 2 aromatic heterocycles. The molecule has 0 bridgehead atoms. The topological polar surface area (TPSA) is 97.1 Å². The third-order valence-electron chi connectivity index (χ3n) is 4.42. The monoisotopic (exact) mass is 324 g/mol. The summed E-state index contributed by atoms with van der Waals surface area (Å²) in [5.41, 5.74) is 0.736. The number of rotatable bonds is 5. The van der Waals surface area contributed by atoms with Gasteiger partial charge >= 0.3 is 0 Å². The number of fused-ring (bicyclic) bond motifs is 1. The van der Waals surface area contributed by atoms with Gasteiger partial charge in [-0.25, -0.2) is 0 Å². The molecule has 24 heavy (non-hydrogen) atoms. The summed E-state index contributed by atoms with van der Waals surface area (Å²) in [6, 6.07) is 8.64. The minimum Gasteiger partial charge on any atom is -0.350 e. The van der Waals surface area contributed by atoms with E-state index in [2.05, 4.69) is 44.2 Å². The van der Waals surface area contributed by atoms with E-state index >= 15 is 0 Å². The number of nitrogens with zero attached hydrogens (tertiary/aromatic N) is 8. The highest BCUT2D eigenvalue weighted by atomic mass is 15.4. The van der Waals surface area contributed by atoms with Crippen molar-refractivity contribution in [2.75, 3.05) is 31.1 Å². The Kier molecular flexibility index (Phi) is 4.88. The fourth-order valence-corrected chi connectivity index (χ4v) is 3.16. The van der Waals surface area contributed by atoms with Gasteiger partial charge in [-0.3, -0.25) is 4.90 Å². The van der Waals surface area contributed by atoms with Crippen LogP contribution in [0.1, 0.15) is 19.8 Å². The second-order valence-electron chi connectivity index (χ2n) is 6.15. The van der Waals surface area contributed by atoms with Gasteiger partial charge in [0.25, 0.3) is 0 Å². The van der Waals surface area contributed by atoms with Gasteiger partial charge in [-0.1, -0.05) is 0 Å². The van der Waals surface area contributed by atoms with E-state index in [9.17, 15) is 5.26 Å². The van der Waals surface area contributed by atoms with Crippen LogP contribution < -0.4 is 4.90 Å². The van der Waals surface area contributed by atoms with Gasteiger partial charge in [-0.15, -0.1) is 15.3 Å². The fraction of sp³-hybridized carbons (Fsp3) is 0.562. The lowest BCUT2D eigenvalue weighted by Gasteiger charge is -2.41. The second kappa shape index (κ2) is 7.24. The molecule has 0 aromatic carbocycles. The van der Waals surface area contributed by atoms with Crippen molar-refractivity contribution in [2.45, 2.75) is 25.8 Å². The SMILES string of the molecule is C[C@@H]1CN(C[C@H](C#N)CCC#N)CCN1c1ccc2nncn2n1. The van der Waals surface area contributed by atoms with Crippen LogP contribution in [-0.4, -0.2) is 56.9 Å². The molecule has 0 amide bonds. The van der Waals surface area contributed by atoms with E-state index in [1.54, 1.807) is 10.8 Å². The molecule has 1 fully saturated rings. The van der Waals surface area contributed by atoms with E-state index in [1.165, 1.54) is 0 Å². The molecular weight excluding hydrogens is 304 g/mol. The molecule has 1 aliphatic rings. The van der Waals surface area contributed by atoms with Gasteiger partial charge in [-0.05, 0) is 25.5 Å². The van der Waals surface area contributed by atoms with Crippen molar-refractivity contribution in [3.05, 3.63) is 18.5 Å². The molecule has 0 radical (unpaired) electrons. The summed E-state index contributed by atoms with van der Waals surface area (Å²) >= 11 is 0. The lowest BCUT2D eigenvalue weighted by Crippen LogP contribution is -2.53. The van der Waals surface area contributed by atoms with Crippen LogP contribution in [0.4, 0.5) is 5.82 Å². The molecule has 1 aliphatic heterocycles. The van der Waals surface area contributed by atoms with E-state index in [0.29, 0.717) is 18.9 Å². The van der Waals surface area contributed by atoms with E-state index < -0.39 is 0 Å². The summed E-state index contributed by atoms with van der Waals surface area (Å²) in [6.45, 7) is 5.52. The number of aromatic nitrogens is 4. The highest BCUT2D eigenvalue weighted by Crippen LogP contribution is 2.19. The average molecular weight is 324 g/mol. The smallest absolute Gasteiger partial charge is 0.177 e. The van der Waals surface area contributed by atoms with Crippen LogP contribution in [-0.2, 0) is 0 Å². The molecule has 3 heterocycles. The lowest BCUT2D eigenvalue weighted by molar-refractivity contribution is 0.207. The lowest BCUT2D eigenvalue weighted by atomic mass is 10.0. The Labute approximate surface area is 140 Å². The molecule has 8 heteroatoms. The summed E-state index contributed by atoms with van der Waals surface area (Å²) in [7, 11) is 0. The van der Waals surface area contributed by atoms with Gasteiger partial charge in [0.15, 0.2) is 5.65 Å². The first-order chi connectivity index (χ1) is 11.7. The molecule has 0 unspecified atom stereocenters. The molecule has 0 aliphatic carbocycles. The first kappa shape index (κ1) is 16.2. The van der Waals surface area contributed by atoms with E-state index in [0.717, 1.165) is 37.6 Å². The number of nitriles is 2. The molecule has 124 valence electrons. The summed E-state index contributed by atoms with van der Waals surface area (Å²) in [5, 5.41) is 30.3. The van der Waals surface area contributed by atoms with Crippen molar-refractivity contribution in [2.24, 2.45) is 5.92 Å². The Balaban J connectivity index is 1.62. The number of hydrogen-bond acceptors (Lipinski definition) is 7.